The summed E-state index contributed by atoms with van der Waals surface area (Å²) in [4.78, 5) is 0. The zero-order chi connectivity index (χ0) is 21.6. The van der Waals surface area contributed by atoms with E-state index in [-0.39, 0.29) is 12.7 Å². The van der Waals surface area contributed by atoms with Crippen LogP contribution in [0.5, 0.6) is 0 Å². The molecule has 4 heteroatoms. The van der Waals surface area contributed by atoms with Gasteiger partial charge in [0.15, 0.2) is 0 Å². The van der Waals surface area contributed by atoms with E-state index < -0.39 is 18.3 Å². The maximum atomic E-state index is 10.2. The van der Waals surface area contributed by atoms with Gasteiger partial charge in [-0.2, -0.15) is 0 Å². The SMILES string of the molecule is Cc1ccc([C@@H]2CC(O)[C@H](O)C(CO)O2)cc1Cc1ccc(C2CCC3(CC3)C2)cc1. The minimum absolute atomic E-state index is 0.304. The molecule has 1 spiro atoms. The second-order valence-electron chi connectivity index (χ2n) is 10.2. The number of aryl methyl sites for hydroxylation is 1. The summed E-state index contributed by atoms with van der Waals surface area (Å²) in [7, 11) is 0. The molecular formula is C27H34O4. The molecule has 1 aliphatic heterocycles. The highest BCUT2D eigenvalue weighted by atomic mass is 16.5. The van der Waals surface area contributed by atoms with Gasteiger partial charge in [-0.3, -0.25) is 0 Å². The van der Waals surface area contributed by atoms with Gasteiger partial charge in [-0.15, -0.1) is 0 Å². The third-order valence-electron chi connectivity index (χ3n) is 8.00. The highest BCUT2D eigenvalue weighted by molar-refractivity contribution is 5.38. The monoisotopic (exact) mass is 422 g/mol. The lowest BCUT2D eigenvalue weighted by Crippen LogP contribution is -2.47. The van der Waals surface area contributed by atoms with Crippen LogP contribution in [-0.4, -0.2) is 40.2 Å². The molecule has 2 saturated carbocycles. The van der Waals surface area contributed by atoms with E-state index >= 15 is 0 Å². The van der Waals surface area contributed by atoms with Gasteiger partial charge in [-0.1, -0.05) is 42.5 Å². The molecule has 5 atom stereocenters. The molecule has 3 aliphatic rings. The number of hydrogen-bond acceptors (Lipinski definition) is 4. The molecule has 0 amide bonds. The molecule has 3 unspecified atom stereocenters. The zero-order valence-electron chi connectivity index (χ0n) is 18.3. The number of rotatable bonds is 5. The van der Waals surface area contributed by atoms with Gasteiger partial charge < -0.3 is 20.1 Å². The first-order valence-corrected chi connectivity index (χ1v) is 11.8. The average Bonchev–Trinajstić information content (AvgIpc) is 3.40. The van der Waals surface area contributed by atoms with Crippen LogP contribution in [0.25, 0.3) is 0 Å². The normalized spacial score (nSPS) is 31.8. The van der Waals surface area contributed by atoms with Crippen molar-refractivity contribution in [2.24, 2.45) is 5.41 Å². The third kappa shape index (κ3) is 4.31. The molecule has 1 saturated heterocycles. The molecule has 2 aliphatic carbocycles. The second kappa shape index (κ2) is 8.32. The molecule has 0 radical (unpaired) electrons. The molecule has 4 nitrogen and oxygen atoms in total. The molecule has 5 rings (SSSR count). The summed E-state index contributed by atoms with van der Waals surface area (Å²) in [6.45, 7) is 1.82. The number of aliphatic hydroxyl groups is 3. The van der Waals surface area contributed by atoms with Gasteiger partial charge in [0.2, 0.25) is 0 Å². The Bertz CT molecular complexity index is 917. The minimum atomic E-state index is -1.04. The Morgan fingerprint density at radius 3 is 2.42 bits per heavy atom. The summed E-state index contributed by atoms with van der Waals surface area (Å²) < 4.78 is 5.88. The number of aliphatic hydroxyl groups excluding tert-OH is 3. The lowest BCUT2D eigenvalue weighted by molar-refractivity contribution is -0.181. The fourth-order valence-electron chi connectivity index (χ4n) is 5.65. The van der Waals surface area contributed by atoms with Gasteiger partial charge in [0.05, 0.1) is 18.8 Å². The van der Waals surface area contributed by atoms with Crippen LogP contribution in [0.15, 0.2) is 42.5 Å². The van der Waals surface area contributed by atoms with Crippen molar-refractivity contribution in [2.75, 3.05) is 6.61 Å². The molecule has 0 aromatic heterocycles. The summed E-state index contributed by atoms with van der Waals surface area (Å²) in [6, 6.07) is 15.5. The van der Waals surface area contributed by atoms with Crippen molar-refractivity contribution in [3.05, 3.63) is 70.3 Å². The van der Waals surface area contributed by atoms with Crippen molar-refractivity contribution in [1.29, 1.82) is 0 Å². The van der Waals surface area contributed by atoms with Crippen molar-refractivity contribution >= 4 is 0 Å². The summed E-state index contributed by atoms with van der Waals surface area (Å²) >= 11 is 0. The fourth-order valence-corrected chi connectivity index (χ4v) is 5.65. The summed E-state index contributed by atoms with van der Waals surface area (Å²) in [5, 5.41) is 29.6. The highest BCUT2D eigenvalue weighted by Gasteiger charge is 2.48. The van der Waals surface area contributed by atoms with Crippen LogP contribution in [-0.2, 0) is 11.2 Å². The Balaban J connectivity index is 1.29. The van der Waals surface area contributed by atoms with E-state index in [1.54, 1.807) is 0 Å². The van der Waals surface area contributed by atoms with Gasteiger partial charge in [-0.25, -0.2) is 0 Å². The second-order valence-corrected chi connectivity index (χ2v) is 10.2. The smallest absolute Gasteiger partial charge is 0.110 e. The van der Waals surface area contributed by atoms with Gasteiger partial charge in [-0.05, 0) is 84.6 Å². The van der Waals surface area contributed by atoms with E-state index in [0.29, 0.717) is 11.8 Å². The van der Waals surface area contributed by atoms with E-state index in [1.807, 2.05) is 6.07 Å². The molecule has 3 N–H and O–H groups in total. The predicted molar refractivity (Wildman–Crippen MR) is 120 cm³/mol. The number of benzene rings is 2. The van der Waals surface area contributed by atoms with Gasteiger partial charge in [0.1, 0.15) is 12.2 Å². The summed E-state index contributed by atoms with van der Waals surface area (Å²) in [6.07, 6.45) is 5.20. The van der Waals surface area contributed by atoms with Crippen LogP contribution in [0.1, 0.15) is 78.4 Å². The average molecular weight is 423 g/mol. The Labute approximate surface area is 184 Å². The van der Waals surface area contributed by atoms with E-state index in [0.717, 1.165) is 17.9 Å². The van der Waals surface area contributed by atoms with Crippen LogP contribution in [0.2, 0.25) is 0 Å². The van der Waals surface area contributed by atoms with Crippen LogP contribution >= 0.6 is 0 Å². The maximum absolute atomic E-state index is 10.2. The molecule has 166 valence electrons. The lowest BCUT2D eigenvalue weighted by atomic mass is 9.90. The topological polar surface area (TPSA) is 69.9 Å². The van der Waals surface area contributed by atoms with E-state index in [9.17, 15) is 15.3 Å². The molecular weight excluding hydrogens is 388 g/mol. The molecule has 2 aromatic carbocycles. The van der Waals surface area contributed by atoms with E-state index in [2.05, 4.69) is 43.3 Å². The number of ether oxygens (including phenoxy) is 1. The quantitative estimate of drug-likeness (QED) is 0.676. The minimum Gasteiger partial charge on any atom is -0.394 e. The van der Waals surface area contributed by atoms with Crippen molar-refractivity contribution in [2.45, 2.75) is 82.2 Å². The predicted octanol–water partition coefficient (Wildman–Crippen LogP) is 4.18. The van der Waals surface area contributed by atoms with Gasteiger partial charge in [0.25, 0.3) is 0 Å². The maximum Gasteiger partial charge on any atom is 0.110 e. The Morgan fingerprint density at radius 2 is 1.74 bits per heavy atom. The van der Waals surface area contributed by atoms with Crippen molar-refractivity contribution in [3.8, 4) is 0 Å². The first kappa shape index (κ1) is 21.1. The Hall–Kier alpha value is -1.72. The first-order chi connectivity index (χ1) is 15.0. The highest BCUT2D eigenvalue weighted by Crippen LogP contribution is 2.61. The summed E-state index contributed by atoms with van der Waals surface area (Å²) in [5.41, 5.74) is 6.97. The Kier molecular flexibility index (Phi) is 5.68. The largest absolute Gasteiger partial charge is 0.394 e. The van der Waals surface area contributed by atoms with E-state index in [4.69, 9.17) is 4.74 Å². The van der Waals surface area contributed by atoms with Crippen molar-refractivity contribution in [1.82, 2.24) is 0 Å². The molecule has 31 heavy (non-hydrogen) atoms. The van der Waals surface area contributed by atoms with Crippen LogP contribution < -0.4 is 0 Å². The van der Waals surface area contributed by atoms with Gasteiger partial charge >= 0.3 is 0 Å². The molecule has 3 fully saturated rings. The molecule has 2 aromatic rings. The Morgan fingerprint density at radius 1 is 1.00 bits per heavy atom. The van der Waals surface area contributed by atoms with Crippen LogP contribution in [0.4, 0.5) is 0 Å². The third-order valence-corrected chi connectivity index (χ3v) is 8.00. The van der Waals surface area contributed by atoms with Gasteiger partial charge in [0, 0.05) is 6.42 Å². The standard InChI is InChI=1S/C27H34O4/c1-17-2-5-20(24-14-23(29)26(30)25(16-28)31-24)13-22(17)12-18-3-6-19(7-4-18)21-8-9-27(15-21)10-11-27/h2-7,13,21,23-26,28-30H,8-12,14-16H2,1H3/t21?,23?,24-,25?,26-/m0/s1. The van der Waals surface area contributed by atoms with Crippen LogP contribution in [0.3, 0.4) is 0 Å². The molecule has 0 bridgehead atoms. The van der Waals surface area contributed by atoms with Crippen molar-refractivity contribution in [3.63, 3.8) is 0 Å². The van der Waals surface area contributed by atoms with E-state index in [1.165, 1.54) is 54.4 Å². The summed E-state index contributed by atoms with van der Waals surface area (Å²) in [5.74, 6) is 0.742. The van der Waals surface area contributed by atoms with Crippen molar-refractivity contribution < 1.29 is 20.1 Å². The van der Waals surface area contributed by atoms with Crippen LogP contribution in [0, 0.1) is 12.3 Å². The molecule has 1 heterocycles. The lowest BCUT2D eigenvalue weighted by Gasteiger charge is -2.36. The number of hydrogen-bond donors (Lipinski definition) is 3. The first-order valence-electron chi connectivity index (χ1n) is 11.8. The fraction of sp³-hybridized carbons (Fsp3) is 0.556. The zero-order valence-corrected chi connectivity index (χ0v) is 18.3.